The second-order valence-electron chi connectivity index (χ2n) is 5.68. The molecule has 1 aliphatic heterocycles. The van der Waals surface area contributed by atoms with Crippen LogP contribution in [0, 0.1) is 0 Å². The van der Waals surface area contributed by atoms with Crippen molar-refractivity contribution in [3.63, 3.8) is 0 Å². The van der Waals surface area contributed by atoms with Crippen LogP contribution < -0.4 is 14.8 Å². The van der Waals surface area contributed by atoms with Crippen LogP contribution in [0.1, 0.15) is 18.9 Å². The Balaban J connectivity index is 2.05. The molecule has 0 aliphatic carbocycles. The van der Waals surface area contributed by atoms with Crippen molar-refractivity contribution in [1.29, 1.82) is 0 Å². The summed E-state index contributed by atoms with van der Waals surface area (Å²) in [6.45, 7) is 1.50. The molecule has 1 aromatic heterocycles. The number of carbonyl (C=O) groups excluding carboxylic acids is 1. The van der Waals surface area contributed by atoms with E-state index in [1.165, 1.54) is 25.3 Å². The standard InChI is InChI=1S/C14H16N4O5S3/c1-9(19)17-14-16-8-13(24-14)26(22,23)18-6-2-3-10-4-5-11(7-12(10)18)25(15,20)21/h4-5,7-8H,2-3,6H2,1H3,(H2,15,20,21)(H,16,17,19). The van der Waals surface area contributed by atoms with E-state index in [9.17, 15) is 21.6 Å². The molecule has 0 spiro atoms. The van der Waals surface area contributed by atoms with Crippen LogP contribution in [0.3, 0.4) is 0 Å². The summed E-state index contributed by atoms with van der Waals surface area (Å²) in [5.74, 6) is -0.357. The number of rotatable bonds is 4. The van der Waals surface area contributed by atoms with E-state index in [1.807, 2.05) is 0 Å². The van der Waals surface area contributed by atoms with E-state index in [2.05, 4.69) is 10.3 Å². The highest BCUT2D eigenvalue weighted by Crippen LogP contribution is 2.35. The molecular formula is C14H16N4O5S3. The summed E-state index contributed by atoms with van der Waals surface area (Å²) in [4.78, 5) is 14.8. The molecule has 0 unspecified atom stereocenters. The Morgan fingerprint density at radius 1 is 1.31 bits per heavy atom. The van der Waals surface area contributed by atoms with Crippen molar-refractivity contribution in [1.82, 2.24) is 4.98 Å². The SMILES string of the molecule is CC(=O)Nc1ncc(S(=O)(=O)N2CCCc3ccc(S(N)(=O)=O)cc32)s1. The second kappa shape index (κ2) is 6.61. The van der Waals surface area contributed by atoms with Crippen LogP contribution in [-0.4, -0.2) is 34.3 Å². The maximum Gasteiger partial charge on any atom is 0.275 e. The minimum Gasteiger partial charge on any atom is -0.302 e. The van der Waals surface area contributed by atoms with Crippen LogP contribution in [0.4, 0.5) is 10.8 Å². The highest BCUT2D eigenvalue weighted by molar-refractivity contribution is 7.94. The summed E-state index contributed by atoms with van der Waals surface area (Å²) >= 11 is 0.831. The van der Waals surface area contributed by atoms with Crippen molar-refractivity contribution in [2.75, 3.05) is 16.2 Å². The molecule has 2 heterocycles. The number of amides is 1. The third-order valence-electron chi connectivity index (χ3n) is 3.77. The average molecular weight is 417 g/mol. The van der Waals surface area contributed by atoms with E-state index >= 15 is 0 Å². The maximum absolute atomic E-state index is 13.0. The first-order valence-corrected chi connectivity index (χ1v) is 11.3. The number of nitrogens with two attached hydrogens (primary N) is 1. The Morgan fingerprint density at radius 3 is 2.69 bits per heavy atom. The zero-order valence-electron chi connectivity index (χ0n) is 13.7. The van der Waals surface area contributed by atoms with Crippen molar-refractivity contribution >= 4 is 48.1 Å². The minimum atomic E-state index is -3.96. The van der Waals surface area contributed by atoms with Crippen LogP contribution in [0.25, 0.3) is 0 Å². The predicted octanol–water partition coefficient (Wildman–Crippen LogP) is 0.890. The highest BCUT2D eigenvalue weighted by atomic mass is 32.2. The maximum atomic E-state index is 13.0. The van der Waals surface area contributed by atoms with Gasteiger partial charge in [0.2, 0.25) is 15.9 Å². The molecule has 3 rings (SSSR count). The number of anilines is 2. The number of carbonyl (C=O) groups is 1. The monoisotopic (exact) mass is 416 g/mol. The molecule has 1 amide bonds. The van der Waals surface area contributed by atoms with E-state index in [4.69, 9.17) is 5.14 Å². The largest absolute Gasteiger partial charge is 0.302 e. The second-order valence-corrected chi connectivity index (χ2v) is 10.4. The van der Waals surface area contributed by atoms with Crippen LogP contribution in [0.15, 0.2) is 33.5 Å². The van der Waals surface area contributed by atoms with Crippen molar-refractivity contribution < 1.29 is 21.6 Å². The van der Waals surface area contributed by atoms with Gasteiger partial charge in [0.15, 0.2) is 9.34 Å². The molecule has 1 aliphatic rings. The minimum absolute atomic E-state index is 0.0462. The van der Waals surface area contributed by atoms with Gasteiger partial charge in [-0.1, -0.05) is 17.4 Å². The van der Waals surface area contributed by atoms with Crippen LogP contribution >= 0.6 is 11.3 Å². The van der Waals surface area contributed by atoms with Gasteiger partial charge in [-0.25, -0.2) is 27.0 Å². The molecule has 0 saturated carbocycles. The zero-order chi connectivity index (χ0) is 19.1. The van der Waals surface area contributed by atoms with E-state index in [0.717, 1.165) is 21.2 Å². The Bertz CT molecular complexity index is 1080. The van der Waals surface area contributed by atoms with Gasteiger partial charge in [0, 0.05) is 13.5 Å². The first kappa shape index (κ1) is 18.8. The van der Waals surface area contributed by atoms with Crippen molar-refractivity contribution in [2.24, 2.45) is 5.14 Å². The van der Waals surface area contributed by atoms with Gasteiger partial charge in [0.05, 0.1) is 16.8 Å². The van der Waals surface area contributed by atoms with Crippen LogP contribution in [0.2, 0.25) is 0 Å². The summed E-state index contributed by atoms with van der Waals surface area (Å²) < 4.78 is 50.4. The predicted molar refractivity (Wildman–Crippen MR) is 97.1 cm³/mol. The number of aromatic nitrogens is 1. The fourth-order valence-corrected chi connectivity index (χ4v) is 5.90. The fraction of sp³-hybridized carbons (Fsp3) is 0.286. The lowest BCUT2D eigenvalue weighted by atomic mass is 10.0. The lowest BCUT2D eigenvalue weighted by Gasteiger charge is -2.30. The Morgan fingerprint density at radius 2 is 2.04 bits per heavy atom. The lowest BCUT2D eigenvalue weighted by Crippen LogP contribution is -2.35. The number of thiazole rings is 1. The number of hydrogen-bond donors (Lipinski definition) is 2. The quantitative estimate of drug-likeness (QED) is 0.759. The van der Waals surface area contributed by atoms with Gasteiger partial charge in [-0.15, -0.1) is 0 Å². The molecular weight excluding hydrogens is 400 g/mol. The van der Waals surface area contributed by atoms with Crippen LogP contribution in [0.5, 0.6) is 0 Å². The van der Waals surface area contributed by atoms with Gasteiger partial charge in [-0.05, 0) is 30.5 Å². The molecule has 0 fully saturated rings. The van der Waals surface area contributed by atoms with Crippen molar-refractivity contribution in [3.8, 4) is 0 Å². The molecule has 0 saturated heterocycles. The zero-order valence-corrected chi connectivity index (χ0v) is 16.1. The van der Waals surface area contributed by atoms with Gasteiger partial charge < -0.3 is 5.32 Å². The smallest absolute Gasteiger partial charge is 0.275 e. The van der Waals surface area contributed by atoms with Crippen molar-refractivity contribution in [3.05, 3.63) is 30.0 Å². The molecule has 1 aromatic carbocycles. The van der Waals surface area contributed by atoms with E-state index in [1.54, 1.807) is 6.07 Å². The summed E-state index contributed by atoms with van der Waals surface area (Å²) in [7, 11) is -7.91. The first-order chi connectivity index (χ1) is 12.1. The normalized spacial score (nSPS) is 14.8. The number of fused-ring (bicyclic) bond motifs is 1. The van der Waals surface area contributed by atoms with Gasteiger partial charge >= 0.3 is 0 Å². The number of sulfonamides is 2. The number of primary sulfonamides is 1. The highest BCUT2D eigenvalue weighted by Gasteiger charge is 2.31. The third kappa shape index (κ3) is 3.58. The Kier molecular flexibility index (Phi) is 4.77. The van der Waals surface area contributed by atoms with Gasteiger partial charge in [-0.3, -0.25) is 9.10 Å². The number of aryl methyl sites for hydroxylation is 1. The van der Waals surface area contributed by atoms with E-state index in [0.29, 0.717) is 12.8 Å². The Labute approximate surface area is 155 Å². The molecule has 26 heavy (non-hydrogen) atoms. The van der Waals surface area contributed by atoms with Crippen LogP contribution in [-0.2, 0) is 31.3 Å². The summed E-state index contributed by atoms with van der Waals surface area (Å²) in [5.41, 5.74) is 1.01. The number of hydrogen-bond acceptors (Lipinski definition) is 7. The van der Waals surface area contributed by atoms with E-state index < -0.39 is 20.0 Å². The fourth-order valence-electron chi connectivity index (χ4n) is 2.64. The topological polar surface area (TPSA) is 140 Å². The summed E-state index contributed by atoms with van der Waals surface area (Å²) in [6.07, 6.45) is 2.40. The van der Waals surface area contributed by atoms with Crippen molar-refractivity contribution in [2.45, 2.75) is 28.9 Å². The molecule has 0 atom stereocenters. The molecule has 3 N–H and O–H groups in total. The first-order valence-electron chi connectivity index (χ1n) is 7.51. The molecule has 9 nitrogen and oxygen atoms in total. The van der Waals surface area contributed by atoms with E-state index in [-0.39, 0.29) is 32.4 Å². The number of benzene rings is 1. The third-order valence-corrected chi connectivity index (χ3v) is 7.85. The Hall–Kier alpha value is -2.02. The number of nitrogens with zero attached hydrogens (tertiary/aromatic N) is 2. The summed E-state index contributed by atoms with van der Waals surface area (Å²) in [6, 6.07) is 4.22. The van der Waals surface area contributed by atoms with Gasteiger partial charge in [0.25, 0.3) is 10.0 Å². The lowest BCUT2D eigenvalue weighted by molar-refractivity contribution is -0.114. The summed E-state index contributed by atoms with van der Waals surface area (Å²) in [5, 5.41) is 7.77. The molecule has 12 heteroatoms. The molecule has 2 aromatic rings. The molecule has 140 valence electrons. The average Bonchev–Trinajstić information content (AvgIpc) is 3.01. The van der Waals surface area contributed by atoms with Gasteiger partial charge in [0.1, 0.15) is 0 Å². The molecule has 0 bridgehead atoms. The number of nitrogens with one attached hydrogen (secondary N) is 1. The van der Waals surface area contributed by atoms with Gasteiger partial charge in [-0.2, -0.15) is 0 Å². The molecule has 0 radical (unpaired) electrons.